The van der Waals surface area contributed by atoms with Crippen molar-refractivity contribution in [3.63, 3.8) is 0 Å². The Balaban J connectivity index is 2.34. The molecule has 0 spiro atoms. The first-order valence-electron chi connectivity index (χ1n) is 9.18. The predicted molar refractivity (Wildman–Crippen MR) is 112 cm³/mol. The van der Waals surface area contributed by atoms with Gasteiger partial charge in [-0.2, -0.15) is 0 Å². The molecule has 0 saturated heterocycles. The van der Waals surface area contributed by atoms with Gasteiger partial charge in [-0.15, -0.1) is 11.3 Å². The monoisotopic (exact) mass is 422 g/mol. The maximum absolute atomic E-state index is 12.5. The minimum atomic E-state index is -0.513. The topological polar surface area (TPSA) is 104 Å². The van der Waals surface area contributed by atoms with Crippen molar-refractivity contribution in [2.45, 2.75) is 20.0 Å². The van der Waals surface area contributed by atoms with E-state index in [-0.39, 0.29) is 23.1 Å². The van der Waals surface area contributed by atoms with E-state index in [1.807, 2.05) is 25.2 Å². The number of hydrogen-bond acceptors (Lipinski definition) is 7. The van der Waals surface area contributed by atoms with Gasteiger partial charge >= 0.3 is 5.97 Å². The number of nitrogen functional groups attached to an aromatic ring is 1. The molecule has 1 aromatic carbocycles. The van der Waals surface area contributed by atoms with Crippen molar-refractivity contribution in [2.75, 3.05) is 40.7 Å². The minimum absolute atomic E-state index is 0.231. The van der Waals surface area contributed by atoms with Gasteiger partial charge in [0.2, 0.25) is 0 Å². The summed E-state index contributed by atoms with van der Waals surface area (Å²) >= 11 is 1.10. The molecule has 0 radical (unpaired) electrons. The highest BCUT2D eigenvalue weighted by Crippen LogP contribution is 2.31. The first kappa shape index (κ1) is 22.5. The third-order valence-corrected chi connectivity index (χ3v) is 5.47. The lowest BCUT2D eigenvalue weighted by Crippen LogP contribution is -3.06. The Kier molecular flexibility index (Phi) is 7.86. The van der Waals surface area contributed by atoms with E-state index in [0.29, 0.717) is 35.0 Å². The van der Waals surface area contributed by atoms with E-state index in [1.54, 1.807) is 28.2 Å². The number of thiophene rings is 1. The van der Waals surface area contributed by atoms with Crippen LogP contribution in [0.15, 0.2) is 18.2 Å². The molecule has 0 aliphatic carbocycles. The van der Waals surface area contributed by atoms with Gasteiger partial charge in [0.1, 0.15) is 40.0 Å². The number of anilines is 1. The zero-order chi connectivity index (χ0) is 21.6. The molecule has 4 N–H and O–H groups in total. The van der Waals surface area contributed by atoms with Crippen molar-refractivity contribution >= 4 is 28.2 Å². The molecule has 0 bridgehead atoms. The standard InChI is InChI=1S/C20H27N3O5S/c1-6-28-20(25)16-14(17(19(24)22-2)29-18(16)21)11-23(3)10-12-7-8-13(26-4)9-15(12)27-5/h7-9H,6,10-11,21H2,1-5H3,(H,22,24)/p+1. The fraction of sp³-hybridized carbons (Fsp3) is 0.400. The Morgan fingerprint density at radius 2 is 1.93 bits per heavy atom. The van der Waals surface area contributed by atoms with Crippen LogP contribution >= 0.6 is 11.3 Å². The van der Waals surface area contributed by atoms with E-state index in [0.717, 1.165) is 21.8 Å². The molecule has 0 saturated carbocycles. The number of methoxy groups -OCH3 is 2. The minimum Gasteiger partial charge on any atom is -0.497 e. The summed E-state index contributed by atoms with van der Waals surface area (Å²) in [5.41, 5.74) is 7.91. The average Bonchev–Trinajstić information content (AvgIpc) is 3.03. The van der Waals surface area contributed by atoms with Gasteiger partial charge in [0.25, 0.3) is 5.91 Å². The summed E-state index contributed by atoms with van der Waals surface area (Å²) in [4.78, 5) is 26.3. The lowest BCUT2D eigenvalue weighted by Gasteiger charge is -2.17. The van der Waals surface area contributed by atoms with Crippen molar-refractivity contribution in [1.82, 2.24) is 5.32 Å². The number of benzene rings is 1. The molecule has 1 unspecified atom stereocenters. The lowest BCUT2D eigenvalue weighted by molar-refractivity contribution is -0.907. The quantitative estimate of drug-likeness (QED) is 0.523. The largest absolute Gasteiger partial charge is 0.497 e. The fourth-order valence-corrected chi connectivity index (χ4v) is 4.09. The van der Waals surface area contributed by atoms with E-state index < -0.39 is 5.97 Å². The number of ether oxygens (including phenoxy) is 3. The Morgan fingerprint density at radius 1 is 1.21 bits per heavy atom. The number of esters is 1. The Bertz CT molecular complexity index is 881. The summed E-state index contributed by atoms with van der Waals surface area (Å²) in [6.45, 7) is 2.99. The highest BCUT2D eigenvalue weighted by atomic mass is 32.1. The van der Waals surface area contributed by atoms with Crippen molar-refractivity contribution in [1.29, 1.82) is 0 Å². The predicted octanol–water partition coefficient (Wildman–Crippen LogP) is 1.10. The molecule has 1 heterocycles. The molecule has 9 heteroatoms. The van der Waals surface area contributed by atoms with Crippen LogP contribution in [-0.4, -0.2) is 46.8 Å². The van der Waals surface area contributed by atoms with Crippen LogP contribution in [0.4, 0.5) is 5.00 Å². The highest BCUT2D eigenvalue weighted by molar-refractivity contribution is 7.18. The SMILES string of the molecule is CCOC(=O)c1c(N)sc(C(=O)NC)c1C[NH+](C)Cc1ccc(OC)cc1OC. The third-order valence-electron chi connectivity index (χ3n) is 4.41. The van der Waals surface area contributed by atoms with Crippen LogP contribution in [0.2, 0.25) is 0 Å². The van der Waals surface area contributed by atoms with E-state index in [2.05, 4.69) is 5.32 Å². The molecule has 0 aliphatic heterocycles. The molecule has 1 amide bonds. The van der Waals surface area contributed by atoms with Crippen molar-refractivity contribution in [3.8, 4) is 11.5 Å². The summed E-state index contributed by atoms with van der Waals surface area (Å²) in [5, 5.41) is 2.89. The van der Waals surface area contributed by atoms with E-state index >= 15 is 0 Å². The van der Waals surface area contributed by atoms with Crippen LogP contribution in [0.1, 0.15) is 38.1 Å². The van der Waals surface area contributed by atoms with Crippen LogP contribution < -0.4 is 25.4 Å². The smallest absolute Gasteiger partial charge is 0.341 e. The van der Waals surface area contributed by atoms with Crippen LogP contribution in [0.25, 0.3) is 0 Å². The number of nitrogens with one attached hydrogen (secondary N) is 2. The average molecular weight is 423 g/mol. The van der Waals surface area contributed by atoms with Crippen LogP contribution in [0, 0.1) is 0 Å². The number of quaternary nitrogens is 1. The van der Waals surface area contributed by atoms with Gasteiger partial charge in [-0.1, -0.05) is 0 Å². The zero-order valence-electron chi connectivity index (χ0n) is 17.4. The number of rotatable bonds is 9. The maximum atomic E-state index is 12.5. The van der Waals surface area contributed by atoms with E-state index in [4.69, 9.17) is 19.9 Å². The fourth-order valence-electron chi connectivity index (χ4n) is 3.06. The molecule has 8 nitrogen and oxygen atoms in total. The van der Waals surface area contributed by atoms with Crippen molar-refractivity contribution < 1.29 is 28.7 Å². The van der Waals surface area contributed by atoms with Crippen molar-refractivity contribution in [2.24, 2.45) is 0 Å². The highest BCUT2D eigenvalue weighted by Gasteiger charge is 2.28. The molecule has 29 heavy (non-hydrogen) atoms. The van der Waals surface area contributed by atoms with Crippen molar-refractivity contribution in [3.05, 3.63) is 39.8 Å². The van der Waals surface area contributed by atoms with E-state index in [1.165, 1.54) is 0 Å². The second kappa shape index (κ2) is 10.1. The molecular formula is C20H28N3O5S+. The van der Waals surface area contributed by atoms with Gasteiger partial charge in [0, 0.05) is 24.2 Å². The molecular weight excluding hydrogens is 394 g/mol. The summed E-state index contributed by atoms with van der Waals surface area (Å²) in [6.07, 6.45) is 0. The zero-order valence-corrected chi connectivity index (χ0v) is 18.2. The van der Waals surface area contributed by atoms with E-state index in [9.17, 15) is 9.59 Å². The van der Waals surface area contributed by atoms with Gasteiger partial charge in [-0.3, -0.25) is 4.79 Å². The molecule has 158 valence electrons. The summed E-state index contributed by atoms with van der Waals surface area (Å²) in [7, 11) is 6.73. The molecule has 1 aromatic heterocycles. The van der Waals surface area contributed by atoms with Gasteiger partial charge < -0.3 is 30.2 Å². The van der Waals surface area contributed by atoms with Gasteiger partial charge in [-0.05, 0) is 19.1 Å². The van der Waals surface area contributed by atoms with Crippen LogP contribution in [0.5, 0.6) is 11.5 Å². The number of carbonyl (C=O) groups excluding carboxylic acids is 2. The second-order valence-corrected chi connectivity index (χ2v) is 7.49. The van der Waals surface area contributed by atoms with Gasteiger partial charge in [0.15, 0.2) is 0 Å². The number of nitrogens with two attached hydrogens (primary N) is 1. The summed E-state index contributed by atoms with van der Waals surface area (Å²) in [5.74, 6) is 0.634. The normalized spacial score (nSPS) is 11.6. The van der Waals surface area contributed by atoms with Crippen LogP contribution in [-0.2, 0) is 17.8 Å². The number of amides is 1. The molecule has 2 aromatic rings. The number of hydrogen-bond donors (Lipinski definition) is 3. The summed E-state index contributed by atoms with van der Waals surface area (Å²) in [6, 6.07) is 5.63. The molecule has 0 fully saturated rings. The maximum Gasteiger partial charge on any atom is 0.341 e. The molecule has 0 aliphatic rings. The second-order valence-electron chi connectivity index (χ2n) is 6.44. The molecule has 2 rings (SSSR count). The first-order valence-corrected chi connectivity index (χ1v) is 10.00. The summed E-state index contributed by atoms with van der Waals surface area (Å²) < 4.78 is 15.9. The van der Waals surface area contributed by atoms with Gasteiger partial charge in [0.05, 0.1) is 27.9 Å². The first-order chi connectivity index (χ1) is 13.9. The lowest BCUT2D eigenvalue weighted by atomic mass is 10.1. The Hall–Kier alpha value is -2.78. The van der Waals surface area contributed by atoms with Gasteiger partial charge in [-0.25, -0.2) is 4.79 Å². The third kappa shape index (κ3) is 5.18. The number of carbonyl (C=O) groups is 2. The van der Waals surface area contributed by atoms with Crippen LogP contribution in [0.3, 0.4) is 0 Å². The Morgan fingerprint density at radius 3 is 2.52 bits per heavy atom. The molecule has 1 atom stereocenters. The Labute approximate surface area is 174 Å².